The lowest BCUT2D eigenvalue weighted by molar-refractivity contribution is 0.321. The summed E-state index contributed by atoms with van der Waals surface area (Å²) >= 11 is 5.44. The molecule has 0 saturated carbocycles. The minimum Gasteiger partial charge on any atom is -0.383 e. The zero-order chi connectivity index (χ0) is 33.3. The van der Waals surface area contributed by atoms with E-state index in [0.717, 1.165) is 37.8 Å². The molecule has 6 rings (SSSR count). The molecule has 248 valence electrons. The molecule has 46 heavy (non-hydrogen) atoms. The van der Waals surface area contributed by atoms with E-state index in [9.17, 15) is 0 Å². The fraction of sp³-hybridized carbons (Fsp3) is 0.412. The van der Waals surface area contributed by atoms with E-state index in [1.165, 1.54) is 49.8 Å². The van der Waals surface area contributed by atoms with Gasteiger partial charge in [-0.3, -0.25) is 0 Å². The first-order valence-corrected chi connectivity index (χ1v) is 16.3. The largest absolute Gasteiger partial charge is 0.383 e. The average Bonchev–Trinajstić information content (AvgIpc) is 3.77. The Hall–Kier alpha value is -4.19. The molecule has 2 aromatic heterocycles. The number of nitrogen functional groups attached to an aromatic ring is 4. The predicted octanol–water partition coefficient (Wildman–Crippen LogP) is 5.04. The van der Waals surface area contributed by atoms with Crippen molar-refractivity contribution in [3.63, 3.8) is 0 Å². The molecule has 12 heteroatoms. The van der Waals surface area contributed by atoms with Gasteiger partial charge in [0.25, 0.3) is 0 Å². The van der Waals surface area contributed by atoms with Crippen molar-refractivity contribution >= 4 is 41.0 Å². The molecule has 2 aliphatic heterocycles. The van der Waals surface area contributed by atoms with Gasteiger partial charge in [-0.2, -0.15) is 15.0 Å². The standard InChI is InChI=1S/C14H17N5.C10H13N.C6H15N.C4H5ClN4/c15-12-8-13(18-14(16)17-12)19-7-6-11(9-19)10-4-2-1-3-5-10;1-2-4-9(5-3-1)10-6-7-11-8-10;1-4-7(5-2)6-3;5-2-1-3(6)9-4(7)8-2/h1-5,8,11H,6-7,9H2,(H4,15,16,17,18);1-5,10-11H,6-8H2;4-6H2,1-3H3;1H,(H4,6,7,8,9). The van der Waals surface area contributed by atoms with Crippen molar-refractivity contribution in [1.29, 1.82) is 0 Å². The maximum absolute atomic E-state index is 5.72. The summed E-state index contributed by atoms with van der Waals surface area (Å²) in [4.78, 5) is 19.9. The number of anilines is 5. The molecule has 0 bridgehead atoms. The molecule has 11 nitrogen and oxygen atoms in total. The highest BCUT2D eigenvalue weighted by molar-refractivity contribution is 6.29. The van der Waals surface area contributed by atoms with Crippen molar-refractivity contribution in [2.75, 3.05) is 73.6 Å². The Bertz CT molecular complexity index is 1340. The molecule has 2 unspecified atom stereocenters. The smallest absolute Gasteiger partial charge is 0.223 e. The molecule has 2 aromatic carbocycles. The van der Waals surface area contributed by atoms with Crippen molar-refractivity contribution in [2.24, 2.45) is 0 Å². The van der Waals surface area contributed by atoms with Crippen LogP contribution in [0.1, 0.15) is 56.6 Å². The van der Waals surface area contributed by atoms with Crippen molar-refractivity contribution in [3.8, 4) is 0 Å². The highest BCUT2D eigenvalue weighted by Gasteiger charge is 2.25. The van der Waals surface area contributed by atoms with Crippen LogP contribution in [0.2, 0.25) is 5.15 Å². The van der Waals surface area contributed by atoms with E-state index in [-0.39, 0.29) is 22.9 Å². The van der Waals surface area contributed by atoms with Gasteiger partial charge in [0.2, 0.25) is 11.9 Å². The van der Waals surface area contributed by atoms with Gasteiger partial charge in [0.05, 0.1) is 0 Å². The van der Waals surface area contributed by atoms with Crippen LogP contribution in [0.4, 0.5) is 29.4 Å². The topological polar surface area (TPSA) is 174 Å². The molecule has 2 saturated heterocycles. The van der Waals surface area contributed by atoms with E-state index < -0.39 is 0 Å². The van der Waals surface area contributed by atoms with Crippen LogP contribution >= 0.6 is 11.6 Å². The minimum atomic E-state index is 0.0972. The fourth-order valence-electron chi connectivity index (χ4n) is 5.39. The summed E-state index contributed by atoms with van der Waals surface area (Å²) in [5, 5.41) is 3.63. The Kier molecular flexibility index (Phi) is 15.3. The van der Waals surface area contributed by atoms with Crippen molar-refractivity contribution in [1.82, 2.24) is 30.2 Å². The van der Waals surface area contributed by atoms with Crippen LogP contribution in [-0.4, -0.2) is 70.6 Å². The number of rotatable bonds is 6. The van der Waals surface area contributed by atoms with Crippen LogP contribution in [-0.2, 0) is 0 Å². The Balaban J connectivity index is 0.000000182. The Morgan fingerprint density at radius 2 is 1.28 bits per heavy atom. The summed E-state index contributed by atoms with van der Waals surface area (Å²) in [6.07, 6.45) is 2.41. The number of nitrogens with zero attached hydrogens (tertiary/aromatic N) is 6. The van der Waals surface area contributed by atoms with Gasteiger partial charge < -0.3 is 38.1 Å². The summed E-state index contributed by atoms with van der Waals surface area (Å²) in [6.45, 7) is 14.4. The SMILES string of the molecule is CCN(CC)CC.Nc1cc(Cl)nc(N)n1.Nc1cc(N2CCC(c3ccccc3)C2)nc(N)n1.c1ccc(C2CCNC2)cc1. The molecule has 9 N–H and O–H groups in total. The number of hydrogen-bond donors (Lipinski definition) is 5. The van der Waals surface area contributed by atoms with E-state index in [2.05, 4.69) is 110 Å². The number of aromatic nitrogens is 4. The Morgan fingerprint density at radius 1 is 0.739 bits per heavy atom. The molecule has 0 aliphatic carbocycles. The number of halogens is 1. The predicted molar refractivity (Wildman–Crippen MR) is 193 cm³/mol. The lowest BCUT2D eigenvalue weighted by atomic mass is 9.99. The van der Waals surface area contributed by atoms with Gasteiger partial charge in [0.1, 0.15) is 22.6 Å². The lowest BCUT2D eigenvalue weighted by Gasteiger charge is -2.18. The summed E-state index contributed by atoms with van der Waals surface area (Å²) in [6, 6.07) is 24.5. The molecule has 0 spiro atoms. The number of nitrogens with two attached hydrogens (primary N) is 4. The van der Waals surface area contributed by atoms with E-state index >= 15 is 0 Å². The van der Waals surface area contributed by atoms with Crippen LogP contribution < -0.4 is 33.2 Å². The first-order valence-electron chi connectivity index (χ1n) is 16.0. The van der Waals surface area contributed by atoms with E-state index in [1.807, 2.05) is 6.07 Å². The molecule has 4 aromatic rings. The van der Waals surface area contributed by atoms with Gasteiger partial charge in [0.15, 0.2) is 0 Å². The van der Waals surface area contributed by atoms with E-state index in [0.29, 0.717) is 11.7 Å². The highest BCUT2D eigenvalue weighted by Crippen LogP contribution is 2.30. The normalized spacial score (nSPS) is 16.8. The van der Waals surface area contributed by atoms with Crippen LogP contribution in [0, 0.1) is 0 Å². The van der Waals surface area contributed by atoms with Gasteiger partial charge in [0, 0.05) is 37.7 Å². The molecule has 0 amide bonds. The third-order valence-corrected chi connectivity index (χ3v) is 8.13. The molecule has 2 fully saturated rings. The summed E-state index contributed by atoms with van der Waals surface area (Å²) in [5.41, 5.74) is 24.6. The number of hydrogen-bond acceptors (Lipinski definition) is 11. The van der Waals surface area contributed by atoms with Crippen LogP contribution in [0.25, 0.3) is 0 Å². The van der Waals surface area contributed by atoms with Crippen molar-refractivity contribution in [3.05, 3.63) is 89.1 Å². The molecule has 2 atom stereocenters. The lowest BCUT2D eigenvalue weighted by Crippen LogP contribution is -2.21. The van der Waals surface area contributed by atoms with Crippen molar-refractivity contribution in [2.45, 2.75) is 45.4 Å². The summed E-state index contributed by atoms with van der Waals surface area (Å²) in [7, 11) is 0. The van der Waals surface area contributed by atoms with Crippen LogP contribution in [0.15, 0.2) is 72.8 Å². The second-order valence-electron chi connectivity index (χ2n) is 11.0. The summed E-state index contributed by atoms with van der Waals surface area (Å²) in [5.74, 6) is 3.16. The molecule has 0 radical (unpaired) electrons. The van der Waals surface area contributed by atoms with Gasteiger partial charge in [-0.15, -0.1) is 0 Å². The van der Waals surface area contributed by atoms with Gasteiger partial charge in [-0.05, 0) is 56.1 Å². The third-order valence-electron chi connectivity index (χ3n) is 7.94. The van der Waals surface area contributed by atoms with E-state index in [1.54, 1.807) is 6.07 Å². The zero-order valence-electron chi connectivity index (χ0n) is 27.3. The first-order chi connectivity index (χ1) is 22.2. The molecular formula is C34H50ClN11. The van der Waals surface area contributed by atoms with E-state index in [4.69, 9.17) is 34.5 Å². The molecule has 2 aliphatic rings. The monoisotopic (exact) mass is 647 g/mol. The Labute approximate surface area is 278 Å². The number of nitrogens with one attached hydrogen (secondary N) is 1. The van der Waals surface area contributed by atoms with Gasteiger partial charge >= 0.3 is 0 Å². The minimum absolute atomic E-state index is 0.0972. The zero-order valence-corrected chi connectivity index (χ0v) is 28.1. The van der Waals surface area contributed by atoms with Gasteiger partial charge in [-0.1, -0.05) is 93.0 Å². The maximum Gasteiger partial charge on any atom is 0.223 e. The Morgan fingerprint density at radius 3 is 1.74 bits per heavy atom. The second-order valence-corrected chi connectivity index (χ2v) is 11.4. The summed E-state index contributed by atoms with van der Waals surface area (Å²) < 4.78 is 0. The first kappa shape index (κ1) is 36.3. The van der Waals surface area contributed by atoms with Crippen LogP contribution in [0.5, 0.6) is 0 Å². The van der Waals surface area contributed by atoms with Crippen LogP contribution in [0.3, 0.4) is 0 Å². The molecule has 4 heterocycles. The van der Waals surface area contributed by atoms with Crippen molar-refractivity contribution < 1.29 is 0 Å². The average molecular weight is 648 g/mol. The fourth-order valence-corrected chi connectivity index (χ4v) is 5.59. The maximum atomic E-state index is 5.72. The molecular weight excluding hydrogens is 598 g/mol. The third kappa shape index (κ3) is 12.3. The second kappa shape index (κ2) is 19.4. The van der Waals surface area contributed by atoms with Gasteiger partial charge in [-0.25, -0.2) is 4.98 Å². The number of benzene rings is 2. The quantitative estimate of drug-likeness (QED) is 0.177. The highest BCUT2D eigenvalue weighted by atomic mass is 35.5.